The molecule has 0 aliphatic heterocycles. The van der Waals surface area contributed by atoms with Crippen LogP contribution in [0.2, 0.25) is 0 Å². The van der Waals surface area contributed by atoms with Crippen molar-refractivity contribution in [2.75, 3.05) is 12.3 Å². The van der Waals surface area contributed by atoms with Crippen LogP contribution in [0.5, 0.6) is 0 Å². The van der Waals surface area contributed by atoms with Crippen molar-refractivity contribution >= 4 is 29.0 Å². The molecule has 0 aliphatic rings. The highest BCUT2D eigenvalue weighted by Crippen LogP contribution is 2.29. The van der Waals surface area contributed by atoms with Gasteiger partial charge < -0.3 is 5.32 Å². The molecular weight excluding hydrogens is 345 g/mol. The second kappa shape index (κ2) is 8.35. The van der Waals surface area contributed by atoms with Gasteiger partial charge in [-0.15, -0.1) is 11.3 Å². The first kappa shape index (κ1) is 17.8. The lowest BCUT2D eigenvalue weighted by Crippen LogP contribution is -2.26. The van der Waals surface area contributed by atoms with Crippen molar-refractivity contribution in [2.45, 2.75) is 23.4 Å². The third-order valence-corrected chi connectivity index (χ3v) is 4.95. The van der Waals surface area contributed by atoms with Crippen LogP contribution in [0.3, 0.4) is 0 Å². The zero-order valence-electron chi connectivity index (χ0n) is 12.1. The number of alkyl halides is 3. The fourth-order valence-corrected chi connectivity index (χ4v) is 3.49. The Balaban J connectivity index is 1.70. The van der Waals surface area contributed by atoms with Crippen LogP contribution in [-0.4, -0.2) is 23.2 Å². The number of nitrogens with zero attached hydrogens (tertiary/aromatic N) is 1. The largest absolute Gasteiger partial charge is 0.416 e. The lowest BCUT2D eigenvalue weighted by atomic mass is 10.1. The topological polar surface area (TPSA) is 42.0 Å². The van der Waals surface area contributed by atoms with Crippen LogP contribution in [0.4, 0.5) is 13.2 Å². The molecule has 0 bridgehead atoms. The summed E-state index contributed by atoms with van der Waals surface area (Å²) in [4.78, 5) is 15.9. The molecule has 1 heterocycles. The Morgan fingerprint density at radius 2 is 2.17 bits per heavy atom. The van der Waals surface area contributed by atoms with Gasteiger partial charge in [0.25, 0.3) is 0 Å². The predicted octanol–water partition coefficient (Wildman–Crippen LogP) is 4.00. The summed E-state index contributed by atoms with van der Waals surface area (Å²) in [5.74, 6) is 0.556. The van der Waals surface area contributed by atoms with Gasteiger partial charge in [-0.25, -0.2) is 4.98 Å². The SMILES string of the molecule is O=C(Cc1cccc(C(F)(F)F)c1)NCCCSc1nccs1. The third kappa shape index (κ3) is 6.23. The second-order valence-corrected chi connectivity index (χ2v) is 6.96. The summed E-state index contributed by atoms with van der Waals surface area (Å²) >= 11 is 3.18. The molecule has 0 spiro atoms. The van der Waals surface area contributed by atoms with Gasteiger partial charge in [0, 0.05) is 23.9 Å². The molecule has 0 saturated carbocycles. The summed E-state index contributed by atoms with van der Waals surface area (Å²) in [5, 5.41) is 4.62. The molecule has 1 amide bonds. The summed E-state index contributed by atoms with van der Waals surface area (Å²) < 4.78 is 38.8. The van der Waals surface area contributed by atoms with Gasteiger partial charge in [0.05, 0.1) is 12.0 Å². The summed E-state index contributed by atoms with van der Waals surface area (Å²) in [6, 6.07) is 4.85. The molecule has 0 radical (unpaired) electrons. The average Bonchev–Trinajstić information content (AvgIpc) is 2.99. The van der Waals surface area contributed by atoms with E-state index in [-0.39, 0.29) is 12.3 Å². The zero-order chi connectivity index (χ0) is 16.7. The maximum atomic E-state index is 12.6. The molecule has 124 valence electrons. The lowest BCUT2D eigenvalue weighted by molar-refractivity contribution is -0.137. The van der Waals surface area contributed by atoms with Crippen LogP contribution >= 0.6 is 23.1 Å². The van der Waals surface area contributed by atoms with E-state index in [4.69, 9.17) is 0 Å². The van der Waals surface area contributed by atoms with Crippen molar-refractivity contribution in [1.82, 2.24) is 10.3 Å². The normalized spacial score (nSPS) is 11.4. The molecule has 0 aliphatic carbocycles. The number of hydrogen-bond donors (Lipinski definition) is 1. The number of thiazole rings is 1. The van der Waals surface area contributed by atoms with Crippen molar-refractivity contribution in [3.63, 3.8) is 0 Å². The average molecular weight is 360 g/mol. The Bertz CT molecular complexity index is 630. The number of hydrogen-bond acceptors (Lipinski definition) is 4. The maximum Gasteiger partial charge on any atom is 0.416 e. The molecule has 2 rings (SSSR count). The monoisotopic (exact) mass is 360 g/mol. The number of aromatic nitrogens is 1. The van der Waals surface area contributed by atoms with E-state index in [0.717, 1.165) is 28.6 Å². The van der Waals surface area contributed by atoms with Crippen LogP contribution in [0, 0.1) is 0 Å². The molecule has 1 aromatic carbocycles. The highest BCUT2D eigenvalue weighted by molar-refractivity contribution is 8.00. The van der Waals surface area contributed by atoms with Crippen LogP contribution in [0.25, 0.3) is 0 Å². The maximum absolute atomic E-state index is 12.6. The minimum atomic E-state index is -4.39. The molecular formula is C15H15F3N2OS2. The van der Waals surface area contributed by atoms with Crippen LogP contribution < -0.4 is 5.32 Å². The molecule has 8 heteroatoms. The minimum Gasteiger partial charge on any atom is -0.356 e. The third-order valence-electron chi connectivity index (χ3n) is 2.90. The standard InChI is InChI=1S/C15H15F3N2OS2/c16-15(17,18)12-4-1-3-11(9-12)10-13(21)19-5-2-7-22-14-20-6-8-23-14/h1,3-4,6,8-9H,2,5,7,10H2,(H,19,21). The fraction of sp³-hybridized carbons (Fsp3) is 0.333. The number of carbonyl (C=O) groups excluding carboxylic acids is 1. The smallest absolute Gasteiger partial charge is 0.356 e. The number of halogens is 3. The molecule has 1 aromatic heterocycles. The van der Waals surface area contributed by atoms with Gasteiger partial charge in [0.15, 0.2) is 0 Å². The quantitative estimate of drug-likeness (QED) is 0.599. The van der Waals surface area contributed by atoms with Crippen LogP contribution in [0.15, 0.2) is 40.2 Å². The molecule has 0 unspecified atom stereocenters. The van der Waals surface area contributed by atoms with Gasteiger partial charge in [0.1, 0.15) is 4.34 Å². The Morgan fingerprint density at radius 3 is 2.87 bits per heavy atom. The van der Waals surface area contributed by atoms with Gasteiger partial charge in [0.2, 0.25) is 5.91 Å². The van der Waals surface area contributed by atoms with Crippen molar-refractivity contribution in [2.24, 2.45) is 0 Å². The van der Waals surface area contributed by atoms with Gasteiger partial charge in [-0.3, -0.25) is 4.79 Å². The number of rotatable bonds is 7. The Labute approximate surface area is 140 Å². The van der Waals surface area contributed by atoms with E-state index >= 15 is 0 Å². The first-order valence-corrected chi connectivity index (χ1v) is 8.77. The minimum absolute atomic E-state index is 0.0520. The highest BCUT2D eigenvalue weighted by Gasteiger charge is 2.30. The van der Waals surface area contributed by atoms with Crippen molar-refractivity contribution in [1.29, 1.82) is 0 Å². The summed E-state index contributed by atoms with van der Waals surface area (Å²) in [5.41, 5.74) is -0.378. The number of amides is 1. The molecule has 2 aromatic rings. The predicted molar refractivity (Wildman–Crippen MR) is 85.6 cm³/mol. The van der Waals surface area contributed by atoms with E-state index in [9.17, 15) is 18.0 Å². The fourth-order valence-electron chi connectivity index (χ4n) is 1.85. The first-order valence-electron chi connectivity index (χ1n) is 6.90. The summed E-state index contributed by atoms with van der Waals surface area (Å²) in [6.07, 6.45) is -1.93. The van der Waals surface area contributed by atoms with Crippen LogP contribution in [-0.2, 0) is 17.4 Å². The Hall–Kier alpha value is -1.54. The lowest BCUT2D eigenvalue weighted by Gasteiger charge is -2.09. The molecule has 1 N–H and O–H groups in total. The molecule has 0 fully saturated rings. The van der Waals surface area contributed by atoms with Crippen molar-refractivity contribution < 1.29 is 18.0 Å². The molecule has 0 atom stereocenters. The Morgan fingerprint density at radius 1 is 1.35 bits per heavy atom. The second-order valence-electron chi connectivity index (χ2n) is 4.72. The van der Waals surface area contributed by atoms with Gasteiger partial charge in [-0.2, -0.15) is 13.2 Å². The zero-order valence-corrected chi connectivity index (χ0v) is 13.7. The van der Waals surface area contributed by atoms with Crippen molar-refractivity contribution in [3.8, 4) is 0 Å². The molecule has 3 nitrogen and oxygen atoms in total. The summed E-state index contributed by atoms with van der Waals surface area (Å²) in [7, 11) is 0. The van der Waals surface area contributed by atoms with E-state index in [1.807, 2.05) is 5.38 Å². The highest BCUT2D eigenvalue weighted by atomic mass is 32.2. The van der Waals surface area contributed by atoms with E-state index < -0.39 is 11.7 Å². The van der Waals surface area contributed by atoms with Crippen LogP contribution in [0.1, 0.15) is 17.5 Å². The van der Waals surface area contributed by atoms with Crippen molar-refractivity contribution in [3.05, 3.63) is 47.0 Å². The molecule has 0 saturated heterocycles. The number of thioether (sulfide) groups is 1. The van der Waals surface area contributed by atoms with E-state index in [1.54, 1.807) is 29.3 Å². The number of benzene rings is 1. The first-order chi connectivity index (χ1) is 10.9. The number of nitrogens with one attached hydrogen (secondary N) is 1. The van der Waals surface area contributed by atoms with Gasteiger partial charge in [-0.05, 0) is 18.1 Å². The Kier molecular flexibility index (Phi) is 6.47. The van der Waals surface area contributed by atoms with E-state index in [2.05, 4.69) is 10.3 Å². The molecule has 23 heavy (non-hydrogen) atoms. The van der Waals surface area contributed by atoms with Gasteiger partial charge >= 0.3 is 6.18 Å². The van der Waals surface area contributed by atoms with Gasteiger partial charge in [-0.1, -0.05) is 30.0 Å². The number of carbonyl (C=O) groups is 1. The van der Waals surface area contributed by atoms with E-state index in [1.165, 1.54) is 12.1 Å². The summed E-state index contributed by atoms with van der Waals surface area (Å²) in [6.45, 7) is 0.496. The van der Waals surface area contributed by atoms with E-state index in [0.29, 0.717) is 12.1 Å².